The van der Waals surface area contributed by atoms with Crippen molar-refractivity contribution in [2.24, 2.45) is 0 Å². The molecule has 0 radical (unpaired) electrons. The molecule has 3 aromatic rings. The number of ether oxygens (including phenoxy) is 2. The van der Waals surface area contributed by atoms with Gasteiger partial charge in [-0.15, -0.1) is 0 Å². The molecule has 168 valence electrons. The maximum absolute atomic E-state index is 12.5. The highest BCUT2D eigenvalue weighted by Gasteiger charge is 2.19. The summed E-state index contributed by atoms with van der Waals surface area (Å²) in [5, 5.41) is 6.94. The molecule has 0 saturated heterocycles. The van der Waals surface area contributed by atoms with Crippen LogP contribution in [0.4, 0.5) is 0 Å². The molecule has 2 heterocycles. The van der Waals surface area contributed by atoms with Crippen LogP contribution in [-0.4, -0.2) is 48.8 Å². The lowest BCUT2D eigenvalue weighted by Crippen LogP contribution is -2.32. The van der Waals surface area contributed by atoms with Crippen molar-refractivity contribution < 1.29 is 22.7 Å². The van der Waals surface area contributed by atoms with Crippen LogP contribution in [0.25, 0.3) is 5.69 Å². The van der Waals surface area contributed by atoms with Crippen LogP contribution < -0.4 is 19.5 Å². The molecule has 0 spiro atoms. The van der Waals surface area contributed by atoms with Crippen molar-refractivity contribution in [3.05, 3.63) is 60.7 Å². The fourth-order valence-corrected chi connectivity index (χ4v) is 4.27. The highest BCUT2D eigenvalue weighted by molar-refractivity contribution is 7.89. The van der Waals surface area contributed by atoms with Gasteiger partial charge in [0.25, 0.3) is 0 Å². The van der Waals surface area contributed by atoms with Crippen molar-refractivity contribution in [3.63, 3.8) is 0 Å². The summed E-state index contributed by atoms with van der Waals surface area (Å²) in [6.07, 6.45) is 3.07. The summed E-state index contributed by atoms with van der Waals surface area (Å²) in [6.45, 7) is 2.63. The number of rotatable bonds is 8. The number of fused-ring (bicyclic) bond motifs is 1. The zero-order valence-corrected chi connectivity index (χ0v) is 18.2. The zero-order valence-electron chi connectivity index (χ0n) is 17.4. The number of hydrogen-bond donors (Lipinski definition) is 2. The molecule has 4 rings (SSSR count). The number of aromatic nitrogens is 3. The van der Waals surface area contributed by atoms with Gasteiger partial charge in [-0.2, -0.15) is 5.10 Å². The summed E-state index contributed by atoms with van der Waals surface area (Å²) in [5.74, 6) is 0.640. The standard InChI is InChI=1S/C21H23N5O5S/c1-15(16-2-4-17(5-3-16)26-14-22-13-23-26)25-21(27)8-9-24-32(28,29)18-6-7-19-20(12-18)31-11-10-30-19/h2-7,12-15,24H,8-11H2,1H3,(H,25,27). The van der Waals surface area contributed by atoms with Gasteiger partial charge in [-0.3, -0.25) is 4.79 Å². The molecule has 10 nitrogen and oxygen atoms in total. The van der Waals surface area contributed by atoms with E-state index in [1.54, 1.807) is 17.1 Å². The predicted octanol–water partition coefficient (Wildman–Crippen LogP) is 1.58. The van der Waals surface area contributed by atoms with Crippen LogP contribution in [0.5, 0.6) is 11.5 Å². The van der Waals surface area contributed by atoms with Crippen molar-refractivity contribution in [2.75, 3.05) is 19.8 Å². The maximum Gasteiger partial charge on any atom is 0.240 e. The van der Waals surface area contributed by atoms with Gasteiger partial charge in [0.2, 0.25) is 15.9 Å². The SMILES string of the molecule is CC(NC(=O)CCNS(=O)(=O)c1ccc2c(c1)OCCO2)c1ccc(-n2cncn2)cc1. The van der Waals surface area contributed by atoms with Gasteiger partial charge in [-0.25, -0.2) is 22.8 Å². The Morgan fingerprint density at radius 1 is 1.12 bits per heavy atom. The smallest absolute Gasteiger partial charge is 0.240 e. The first-order valence-electron chi connectivity index (χ1n) is 10.1. The van der Waals surface area contributed by atoms with E-state index in [0.717, 1.165) is 11.3 Å². The zero-order chi connectivity index (χ0) is 22.6. The molecule has 32 heavy (non-hydrogen) atoms. The molecule has 0 bridgehead atoms. The van der Waals surface area contributed by atoms with Crippen LogP contribution in [0, 0.1) is 0 Å². The number of carbonyl (C=O) groups excluding carboxylic acids is 1. The van der Waals surface area contributed by atoms with Crippen molar-refractivity contribution in [3.8, 4) is 17.2 Å². The lowest BCUT2D eigenvalue weighted by Gasteiger charge is -2.19. The van der Waals surface area contributed by atoms with E-state index in [-0.39, 0.29) is 29.8 Å². The average Bonchev–Trinajstić information content (AvgIpc) is 3.33. The van der Waals surface area contributed by atoms with E-state index >= 15 is 0 Å². The van der Waals surface area contributed by atoms with Gasteiger partial charge in [-0.05, 0) is 36.8 Å². The number of sulfonamides is 1. The van der Waals surface area contributed by atoms with Crippen LogP contribution in [0.3, 0.4) is 0 Å². The Hall–Kier alpha value is -3.44. The third kappa shape index (κ3) is 5.06. The summed E-state index contributed by atoms with van der Waals surface area (Å²) in [6, 6.07) is 11.7. The second kappa shape index (κ2) is 9.37. The van der Waals surface area contributed by atoms with E-state index in [2.05, 4.69) is 20.1 Å². The van der Waals surface area contributed by atoms with E-state index in [4.69, 9.17) is 9.47 Å². The molecule has 0 aliphatic carbocycles. The van der Waals surface area contributed by atoms with Crippen LogP contribution >= 0.6 is 0 Å². The average molecular weight is 458 g/mol. The van der Waals surface area contributed by atoms with E-state index in [1.807, 2.05) is 31.2 Å². The summed E-state index contributed by atoms with van der Waals surface area (Å²) in [4.78, 5) is 16.3. The first-order chi connectivity index (χ1) is 15.4. The van der Waals surface area contributed by atoms with Crippen LogP contribution in [0.1, 0.15) is 24.9 Å². The summed E-state index contributed by atoms with van der Waals surface area (Å²) < 4.78 is 40.0. The van der Waals surface area contributed by atoms with Gasteiger partial charge < -0.3 is 14.8 Å². The van der Waals surface area contributed by atoms with E-state index < -0.39 is 10.0 Å². The molecule has 0 saturated carbocycles. The molecule has 11 heteroatoms. The third-order valence-electron chi connectivity index (χ3n) is 4.92. The second-order valence-electron chi connectivity index (χ2n) is 7.17. The minimum atomic E-state index is -3.78. The molecule has 2 aromatic carbocycles. The number of hydrogen-bond acceptors (Lipinski definition) is 7. The van der Waals surface area contributed by atoms with Gasteiger partial charge in [-0.1, -0.05) is 12.1 Å². The van der Waals surface area contributed by atoms with Crippen molar-refractivity contribution in [1.82, 2.24) is 24.8 Å². The van der Waals surface area contributed by atoms with E-state index in [9.17, 15) is 13.2 Å². The molecule has 1 atom stereocenters. The highest BCUT2D eigenvalue weighted by Crippen LogP contribution is 2.32. The Bertz CT molecular complexity index is 1180. The number of nitrogens with zero attached hydrogens (tertiary/aromatic N) is 3. The predicted molar refractivity (Wildman–Crippen MR) is 115 cm³/mol. The van der Waals surface area contributed by atoms with Crippen molar-refractivity contribution in [1.29, 1.82) is 0 Å². The normalized spacial score (nSPS) is 14.0. The minimum absolute atomic E-state index is 0.00512. The number of amides is 1. The monoisotopic (exact) mass is 457 g/mol. The molecule has 1 unspecified atom stereocenters. The maximum atomic E-state index is 12.5. The molecular weight excluding hydrogens is 434 g/mol. The van der Waals surface area contributed by atoms with E-state index in [0.29, 0.717) is 24.7 Å². The van der Waals surface area contributed by atoms with Gasteiger partial charge in [0.15, 0.2) is 11.5 Å². The van der Waals surface area contributed by atoms with Crippen molar-refractivity contribution in [2.45, 2.75) is 24.3 Å². The van der Waals surface area contributed by atoms with Crippen molar-refractivity contribution >= 4 is 15.9 Å². The molecule has 1 aromatic heterocycles. The Morgan fingerprint density at radius 2 is 1.88 bits per heavy atom. The Labute approximate surface area is 185 Å². The minimum Gasteiger partial charge on any atom is -0.486 e. The van der Waals surface area contributed by atoms with Crippen LogP contribution in [0.15, 0.2) is 60.0 Å². The Kier molecular flexibility index (Phi) is 6.37. The molecule has 1 aliphatic rings. The third-order valence-corrected chi connectivity index (χ3v) is 6.38. The van der Waals surface area contributed by atoms with Gasteiger partial charge in [0, 0.05) is 19.0 Å². The molecule has 2 N–H and O–H groups in total. The topological polar surface area (TPSA) is 124 Å². The first-order valence-corrected chi connectivity index (χ1v) is 11.5. The number of carbonyl (C=O) groups is 1. The fraction of sp³-hybridized carbons (Fsp3) is 0.286. The second-order valence-corrected chi connectivity index (χ2v) is 8.94. The first kappa shape index (κ1) is 21.8. The molecule has 1 amide bonds. The molecule has 1 aliphatic heterocycles. The number of benzene rings is 2. The lowest BCUT2D eigenvalue weighted by molar-refractivity contribution is -0.121. The van der Waals surface area contributed by atoms with Crippen LogP contribution in [0.2, 0.25) is 0 Å². The van der Waals surface area contributed by atoms with Crippen LogP contribution in [-0.2, 0) is 14.8 Å². The Morgan fingerprint density at radius 3 is 2.59 bits per heavy atom. The summed E-state index contributed by atoms with van der Waals surface area (Å²) in [7, 11) is -3.78. The van der Waals surface area contributed by atoms with Gasteiger partial charge in [0.05, 0.1) is 16.6 Å². The largest absolute Gasteiger partial charge is 0.486 e. The Balaban J connectivity index is 1.28. The van der Waals surface area contributed by atoms with E-state index in [1.165, 1.54) is 18.5 Å². The molecule has 0 fully saturated rings. The quantitative estimate of drug-likeness (QED) is 0.526. The lowest BCUT2D eigenvalue weighted by atomic mass is 10.1. The summed E-state index contributed by atoms with van der Waals surface area (Å²) in [5.41, 5.74) is 1.78. The van der Waals surface area contributed by atoms with Gasteiger partial charge in [0.1, 0.15) is 25.9 Å². The fourth-order valence-electron chi connectivity index (χ4n) is 3.23. The molecular formula is C21H23N5O5S. The number of nitrogens with one attached hydrogen (secondary N) is 2. The van der Waals surface area contributed by atoms with Gasteiger partial charge >= 0.3 is 0 Å². The summed E-state index contributed by atoms with van der Waals surface area (Å²) >= 11 is 0. The highest BCUT2D eigenvalue weighted by atomic mass is 32.2.